The van der Waals surface area contributed by atoms with E-state index in [0.717, 1.165) is 73.4 Å². The molecule has 4 rings (SSSR count). The third-order valence-corrected chi connectivity index (χ3v) is 6.79. The minimum absolute atomic E-state index is 0.00812. The van der Waals surface area contributed by atoms with E-state index in [1.807, 2.05) is 44.2 Å². The summed E-state index contributed by atoms with van der Waals surface area (Å²) in [6.45, 7) is 9.30. The molecule has 2 aliphatic rings. The van der Waals surface area contributed by atoms with Crippen LogP contribution >= 0.6 is 0 Å². The van der Waals surface area contributed by atoms with Crippen LogP contribution in [0.15, 0.2) is 36.4 Å². The average molecular weight is 464 g/mol. The van der Waals surface area contributed by atoms with Crippen LogP contribution in [0.4, 0.5) is 11.4 Å². The van der Waals surface area contributed by atoms with Crippen LogP contribution in [-0.4, -0.2) is 51.1 Å². The Morgan fingerprint density at radius 2 is 1.94 bits per heavy atom. The van der Waals surface area contributed by atoms with Crippen molar-refractivity contribution in [2.45, 2.75) is 52.5 Å². The van der Waals surface area contributed by atoms with Gasteiger partial charge in [0.2, 0.25) is 0 Å². The van der Waals surface area contributed by atoms with Crippen LogP contribution in [0, 0.1) is 12.3 Å². The fourth-order valence-corrected chi connectivity index (χ4v) is 4.62. The summed E-state index contributed by atoms with van der Waals surface area (Å²) >= 11 is 0. The van der Waals surface area contributed by atoms with E-state index in [2.05, 4.69) is 28.5 Å². The van der Waals surface area contributed by atoms with E-state index in [9.17, 15) is 9.59 Å². The number of amides is 1. The van der Waals surface area contributed by atoms with Crippen molar-refractivity contribution in [3.63, 3.8) is 0 Å². The van der Waals surface area contributed by atoms with Crippen LogP contribution in [0.5, 0.6) is 0 Å². The van der Waals surface area contributed by atoms with Gasteiger partial charge in [0.25, 0.3) is 5.91 Å². The maximum absolute atomic E-state index is 12.8. The number of nitrogens with one attached hydrogen (secondary N) is 2. The number of aryl methyl sites for hydroxylation is 1. The molecule has 6 heteroatoms. The van der Waals surface area contributed by atoms with Crippen LogP contribution in [0.2, 0.25) is 0 Å². The van der Waals surface area contributed by atoms with Crippen LogP contribution in [-0.2, 0) is 11.2 Å². The number of rotatable bonds is 11. The summed E-state index contributed by atoms with van der Waals surface area (Å²) in [5.41, 5.74) is 5.49. The van der Waals surface area contributed by atoms with Crippen molar-refractivity contribution in [2.75, 3.05) is 38.3 Å². The molecule has 2 aromatic carbocycles. The van der Waals surface area contributed by atoms with Gasteiger partial charge in [0, 0.05) is 54.2 Å². The van der Waals surface area contributed by atoms with Gasteiger partial charge in [0.15, 0.2) is 5.78 Å². The van der Waals surface area contributed by atoms with E-state index >= 15 is 0 Å². The first-order chi connectivity index (χ1) is 16.3. The fraction of sp³-hybridized carbons (Fsp3) is 0.500. The van der Waals surface area contributed by atoms with Gasteiger partial charge in [-0.15, -0.1) is 0 Å². The largest absolute Gasteiger partial charge is 0.383 e. The van der Waals surface area contributed by atoms with Crippen molar-refractivity contribution in [3.8, 4) is 0 Å². The summed E-state index contributed by atoms with van der Waals surface area (Å²) in [5.74, 6) is 0.212. The van der Waals surface area contributed by atoms with Crippen molar-refractivity contribution < 1.29 is 14.3 Å². The Hall–Kier alpha value is -2.70. The highest BCUT2D eigenvalue weighted by Crippen LogP contribution is 2.39. The number of hydrogen-bond donors (Lipinski definition) is 2. The van der Waals surface area contributed by atoms with Crippen molar-refractivity contribution >= 4 is 23.1 Å². The highest BCUT2D eigenvalue weighted by Gasteiger charge is 2.37. The average Bonchev–Trinajstić information content (AvgIpc) is 3.58. The van der Waals surface area contributed by atoms with Crippen molar-refractivity contribution in [2.24, 2.45) is 5.41 Å². The third-order valence-electron chi connectivity index (χ3n) is 6.79. The summed E-state index contributed by atoms with van der Waals surface area (Å²) < 4.78 is 5.12. The number of ketones is 1. The van der Waals surface area contributed by atoms with Crippen molar-refractivity contribution in [1.29, 1.82) is 0 Å². The minimum Gasteiger partial charge on any atom is -0.383 e. The van der Waals surface area contributed by atoms with Gasteiger partial charge in [-0.1, -0.05) is 19.9 Å². The first kappa shape index (κ1) is 24.4. The highest BCUT2D eigenvalue weighted by molar-refractivity contribution is 6.05. The molecule has 34 heavy (non-hydrogen) atoms. The second-order valence-electron chi connectivity index (χ2n) is 10.2. The second kappa shape index (κ2) is 10.3. The molecule has 6 nitrogen and oxygen atoms in total. The third kappa shape index (κ3) is 5.50. The molecule has 2 N–H and O–H groups in total. The molecule has 0 atom stereocenters. The first-order valence-corrected chi connectivity index (χ1v) is 12.4. The maximum atomic E-state index is 12.8. The number of carbonyl (C=O) groups is 2. The number of anilines is 2. The van der Waals surface area contributed by atoms with E-state index < -0.39 is 0 Å². The molecule has 2 aliphatic carbocycles. The lowest BCUT2D eigenvalue weighted by Crippen LogP contribution is -2.27. The normalized spacial score (nSPS) is 16.4. The van der Waals surface area contributed by atoms with Crippen molar-refractivity contribution in [1.82, 2.24) is 10.6 Å². The van der Waals surface area contributed by atoms with Crippen LogP contribution in [0.25, 0.3) is 0 Å². The zero-order valence-corrected chi connectivity index (χ0v) is 20.9. The maximum Gasteiger partial charge on any atom is 0.251 e. The highest BCUT2D eigenvalue weighted by atomic mass is 16.5. The molecule has 0 unspecified atom stereocenters. The topological polar surface area (TPSA) is 70.7 Å². The Bertz CT molecular complexity index is 1060. The lowest BCUT2D eigenvalue weighted by atomic mass is 9.89. The van der Waals surface area contributed by atoms with E-state index in [1.165, 1.54) is 0 Å². The molecule has 1 saturated carbocycles. The number of carbonyl (C=O) groups excluding carboxylic acids is 2. The van der Waals surface area contributed by atoms with Gasteiger partial charge in [-0.3, -0.25) is 9.59 Å². The SMILES string of the molecule is COCCNCCCN(c1ccc2c(c1)CC(C)(C)C2=O)c1cc(C(=O)NC2CC2)ccc1C. The molecule has 0 bridgehead atoms. The summed E-state index contributed by atoms with van der Waals surface area (Å²) in [6.07, 6.45) is 3.82. The molecule has 182 valence electrons. The Balaban J connectivity index is 1.61. The molecular weight excluding hydrogens is 426 g/mol. The second-order valence-corrected chi connectivity index (χ2v) is 10.2. The molecule has 0 saturated heterocycles. The van der Waals surface area contributed by atoms with Gasteiger partial charge < -0.3 is 20.3 Å². The Labute approximate surface area is 203 Å². The number of ether oxygens (including phenoxy) is 1. The molecule has 1 fully saturated rings. The minimum atomic E-state index is -0.353. The van der Waals surface area contributed by atoms with Gasteiger partial charge in [0.05, 0.1) is 6.61 Å². The van der Waals surface area contributed by atoms with E-state index in [-0.39, 0.29) is 17.1 Å². The standard InChI is InChI=1S/C28H37N3O3/c1-19-6-7-20(27(33)30-22-8-9-22)17-25(19)31(14-5-12-29-13-15-34-4)23-10-11-24-21(16-23)18-28(2,3)26(24)32/h6-7,10-11,16-17,22,29H,5,8-9,12-15,18H2,1-4H3,(H,30,33). The summed E-state index contributed by atoms with van der Waals surface area (Å²) in [5, 5.41) is 6.51. The summed E-state index contributed by atoms with van der Waals surface area (Å²) in [4.78, 5) is 27.8. The van der Waals surface area contributed by atoms with E-state index in [0.29, 0.717) is 18.2 Å². The van der Waals surface area contributed by atoms with Gasteiger partial charge in [-0.2, -0.15) is 0 Å². The number of Topliss-reactive ketones (excluding diaryl/α,β-unsaturated/α-hetero) is 1. The molecule has 0 aliphatic heterocycles. The zero-order chi connectivity index (χ0) is 24.3. The molecule has 0 heterocycles. The zero-order valence-electron chi connectivity index (χ0n) is 20.9. The van der Waals surface area contributed by atoms with Gasteiger partial charge in [0.1, 0.15) is 0 Å². The first-order valence-electron chi connectivity index (χ1n) is 12.4. The quantitative estimate of drug-likeness (QED) is 0.483. The van der Waals surface area contributed by atoms with Crippen LogP contribution < -0.4 is 15.5 Å². The molecule has 0 spiro atoms. The lowest BCUT2D eigenvalue weighted by Gasteiger charge is -2.28. The predicted octanol–water partition coefficient (Wildman–Crippen LogP) is 4.42. The Kier molecular flexibility index (Phi) is 7.39. The van der Waals surface area contributed by atoms with Crippen molar-refractivity contribution in [3.05, 3.63) is 58.7 Å². The predicted molar refractivity (Wildman–Crippen MR) is 136 cm³/mol. The van der Waals surface area contributed by atoms with Crippen LogP contribution in [0.3, 0.4) is 0 Å². The lowest BCUT2D eigenvalue weighted by molar-refractivity contribution is 0.0863. The Morgan fingerprint density at radius 3 is 2.68 bits per heavy atom. The molecule has 0 aromatic heterocycles. The summed E-state index contributed by atoms with van der Waals surface area (Å²) in [6, 6.07) is 12.5. The summed E-state index contributed by atoms with van der Waals surface area (Å²) in [7, 11) is 1.71. The molecule has 2 aromatic rings. The number of hydrogen-bond acceptors (Lipinski definition) is 5. The Morgan fingerprint density at radius 1 is 1.15 bits per heavy atom. The van der Waals surface area contributed by atoms with E-state index in [1.54, 1.807) is 7.11 Å². The smallest absolute Gasteiger partial charge is 0.251 e. The molecule has 1 amide bonds. The van der Waals surface area contributed by atoms with E-state index in [4.69, 9.17) is 4.74 Å². The number of methoxy groups -OCH3 is 1. The number of fused-ring (bicyclic) bond motifs is 1. The molecular formula is C28H37N3O3. The molecule has 0 radical (unpaired) electrons. The monoisotopic (exact) mass is 463 g/mol. The van der Waals surface area contributed by atoms with Gasteiger partial charge in [-0.25, -0.2) is 0 Å². The van der Waals surface area contributed by atoms with Gasteiger partial charge in [-0.05, 0) is 80.6 Å². The van der Waals surface area contributed by atoms with Crippen LogP contribution in [0.1, 0.15) is 65.0 Å². The number of benzene rings is 2. The van der Waals surface area contributed by atoms with Gasteiger partial charge >= 0.3 is 0 Å². The fourth-order valence-electron chi connectivity index (χ4n) is 4.62. The number of nitrogens with zero attached hydrogens (tertiary/aromatic N) is 1.